The van der Waals surface area contributed by atoms with Crippen molar-refractivity contribution in [3.63, 3.8) is 0 Å². The van der Waals surface area contributed by atoms with Crippen LogP contribution in [-0.4, -0.2) is 46.7 Å². The predicted molar refractivity (Wildman–Crippen MR) is 128 cm³/mol. The van der Waals surface area contributed by atoms with E-state index >= 15 is 0 Å². The van der Waals surface area contributed by atoms with E-state index in [0.29, 0.717) is 24.1 Å². The highest BCUT2D eigenvalue weighted by Crippen LogP contribution is 2.36. The quantitative estimate of drug-likeness (QED) is 0.481. The Morgan fingerprint density at radius 3 is 2.49 bits per heavy atom. The van der Waals surface area contributed by atoms with Crippen molar-refractivity contribution in [2.75, 3.05) is 13.1 Å². The van der Waals surface area contributed by atoms with Crippen LogP contribution in [0.1, 0.15) is 59.2 Å². The Bertz CT molecular complexity index is 1180. The van der Waals surface area contributed by atoms with E-state index in [4.69, 9.17) is 0 Å². The smallest absolute Gasteiger partial charge is 0.255 e. The lowest BCUT2D eigenvalue weighted by Gasteiger charge is -2.29. The highest BCUT2D eigenvalue weighted by molar-refractivity contribution is 7.98. The molecule has 2 aromatic rings. The van der Waals surface area contributed by atoms with Gasteiger partial charge < -0.3 is 4.90 Å². The number of piperidine rings is 2. The van der Waals surface area contributed by atoms with Crippen molar-refractivity contribution in [3.8, 4) is 0 Å². The molecule has 0 aromatic heterocycles. The van der Waals surface area contributed by atoms with Crippen LogP contribution in [0.2, 0.25) is 0 Å². The minimum absolute atomic E-state index is 0.191. The van der Waals surface area contributed by atoms with Crippen molar-refractivity contribution in [3.05, 3.63) is 64.2 Å². The molecule has 2 aromatic carbocycles. The van der Waals surface area contributed by atoms with E-state index in [-0.39, 0.29) is 36.1 Å². The van der Waals surface area contributed by atoms with Crippen molar-refractivity contribution in [1.82, 2.24) is 15.1 Å². The number of hydrogen-bond donors (Lipinski definition) is 1. The van der Waals surface area contributed by atoms with Crippen LogP contribution >= 0.6 is 11.8 Å². The Morgan fingerprint density at radius 2 is 1.71 bits per heavy atom. The first-order chi connectivity index (χ1) is 16.9. The van der Waals surface area contributed by atoms with E-state index in [0.717, 1.165) is 36.4 Å². The van der Waals surface area contributed by atoms with Gasteiger partial charge in [-0.15, -0.1) is 11.8 Å². The van der Waals surface area contributed by atoms with Gasteiger partial charge in [0, 0.05) is 46.8 Å². The Morgan fingerprint density at radius 1 is 0.971 bits per heavy atom. The molecule has 0 bridgehead atoms. The van der Waals surface area contributed by atoms with Gasteiger partial charge in [0.2, 0.25) is 11.8 Å². The third-order valence-corrected chi connectivity index (χ3v) is 8.16. The maximum absolute atomic E-state index is 14.9. The zero-order valence-corrected chi connectivity index (χ0v) is 20.1. The average molecular weight is 500 g/mol. The second-order valence-electron chi connectivity index (χ2n) is 9.32. The fourth-order valence-corrected chi connectivity index (χ4v) is 6.13. The van der Waals surface area contributed by atoms with Crippen LogP contribution < -0.4 is 5.32 Å². The normalized spacial score (nSPS) is 20.8. The van der Waals surface area contributed by atoms with E-state index in [9.17, 15) is 23.2 Å². The lowest BCUT2D eigenvalue weighted by molar-refractivity contribution is -0.136. The van der Waals surface area contributed by atoms with Gasteiger partial charge in [-0.1, -0.05) is 24.6 Å². The van der Waals surface area contributed by atoms with Crippen molar-refractivity contribution >= 4 is 29.5 Å². The predicted octanol–water partition coefficient (Wildman–Crippen LogP) is 4.00. The molecule has 184 valence electrons. The van der Waals surface area contributed by atoms with E-state index in [1.807, 2.05) is 6.07 Å². The summed E-state index contributed by atoms with van der Waals surface area (Å²) in [4.78, 5) is 41.2. The summed E-state index contributed by atoms with van der Waals surface area (Å²) in [5, 5.41) is 2.30. The molecular weight excluding hydrogens is 472 g/mol. The fraction of sp³-hybridized carbons (Fsp3) is 0.423. The molecule has 0 spiro atoms. The van der Waals surface area contributed by atoms with Gasteiger partial charge in [0.15, 0.2) is 11.6 Å². The number of halogens is 2. The monoisotopic (exact) mass is 499 g/mol. The van der Waals surface area contributed by atoms with Gasteiger partial charge in [0.1, 0.15) is 6.04 Å². The second-order valence-corrected chi connectivity index (χ2v) is 10.3. The molecular formula is C26H27F2N3O3S. The van der Waals surface area contributed by atoms with E-state index < -0.39 is 23.6 Å². The van der Waals surface area contributed by atoms with Crippen LogP contribution in [0.5, 0.6) is 0 Å². The number of amides is 3. The molecule has 35 heavy (non-hydrogen) atoms. The molecule has 0 aliphatic carbocycles. The zero-order chi connectivity index (χ0) is 24.5. The highest BCUT2D eigenvalue weighted by Gasteiger charge is 2.39. The number of nitrogens with one attached hydrogen (secondary N) is 1. The summed E-state index contributed by atoms with van der Waals surface area (Å²) in [6, 6.07) is 7.95. The van der Waals surface area contributed by atoms with Crippen LogP contribution in [-0.2, 0) is 28.4 Å². The largest absolute Gasteiger partial charge is 0.322 e. The number of likely N-dealkylation sites (tertiary alicyclic amines) is 1. The standard InChI is InChI=1S/C26H27F2N3O3S/c27-23-16(13-30-11-2-1-3-12-30)7-8-17(24(23)28)15-35-21-6-4-5-18-19(21)14-31(26(18)34)20-9-10-22(32)29-25(20)33/h4-8,20H,1-3,9-15H2,(H,29,32,33). The van der Waals surface area contributed by atoms with Crippen molar-refractivity contribution in [2.24, 2.45) is 0 Å². The lowest BCUT2D eigenvalue weighted by Crippen LogP contribution is -2.52. The number of imide groups is 1. The van der Waals surface area contributed by atoms with Crippen LogP contribution in [0.25, 0.3) is 0 Å². The molecule has 6 nitrogen and oxygen atoms in total. The topological polar surface area (TPSA) is 69.7 Å². The van der Waals surface area contributed by atoms with Crippen molar-refractivity contribution in [2.45, 2.75) is 61.9 Å². The van der Waals surface area contributed by atoms with Gasteiger partial charge >= 0.3 is 0 Å². The summed E-state index contributed by atoms with van der Waals surface area (Å²) in [6.07, 6.45) is 3.84. The van der Waals surface area contributed by atoms with Gasteiger partial charge in [-0.05, 0) is 50.0 Å². The molecule has 2 saturated heterocycles. The summed E-state index contributed by atoms with van der Waals surface area (Å²) >= 11 is 1.34. The molecule has 1 atom stereocenters. The van der Waals surface area contributed by atoms with Gasteiger partial charge in [-0.3, -0.25) is 24.6 Å². The lowest BCUT2D eigenvalue weighted by atomic mass is 10.0. The van der Waals surface area contributed by atoms with E-state index in [1.54, 1.807) is 24.3 Å². The molecule has 3 aliphatic heterocycles. The Hall–Kier alpha value is -2.78. The molecule has 5 rings (SSSR count). The maximum atomic E-state index is 14.9. The van der Waals surface area contributed by atoms with Crippen molar-refractivity contribution in [1.29, 1.82) is 0 Å². The summed E-state index contributed by atoms with van der Waals surface area (Å²) in [7, 11) is 0. The van der Waals surface area contributed by atoms with E-state index in [1.165, 1.54) is 23.1 Å². The molecule has 1 N–H and O–H groups in total. The first-order valence-corrected chi connectivity index (χ1v) is 13.0. The van der Waals surface area contributed by atoms with Gasteiger partial charge in [-0.2, -0.15) is 0 Å². The number of carbonyl (C=O) groups excluding carboxylic acids is 3. The third kappa shape index (κ3) is 4.84. The molecule has 0 saturated carbocycles. The Labute approximate surface area is 207 Å². The Balaban J connectivity index is 1.29. The number of rotatable bonds is 6. The minimum atomic E-state index is -0.819. The molecule has 3 aliphatic rings. The SMILES string of the molecule is O=C1CCC(N2Cc3c(SCc4ccc(CN5CCCCC5)c(F)c4F)cccc3C2=O)C(=O)N1. The molecule has 3 heterocycles. The fourth-order valence-electron chi connectivity index (χ4n) is 5.07. The van der Waals surface area contributed by atoms with Crippen LogP contribution in [0.15, 0.2) is 35.2 Å². The number of hydrogen-bond acceptors (Lipinski definition) is 5. The number of benzene rings is 2. The summed E-state index contributed by atoms with van der Waals surface area (Å²) in [5.41, 5.74) is 1.93. The number of carbonyl (C=O) groups is 3. The zero-order valence-electron chi connectivity index (χ0n) is 19.3. The minimum Gasteiger partial charge on any atom is -0.322 e. The molecule has 3 amide bonds. The molecule has 0 radical (unpaired) electrons. The Kier molecular flexibility index (Phi) is 6.88. The molecule has 1 unspecified atom stereocenters. The van der Waals surface area contributed by atoms with Crippen LogP contribution in [0.4, 0.5) is 8.78 Å². The average Bonchev–Trinajstić information content (AvgIpc) is 3.19. The number of fused-ring (bicyclic) bond motifs is 1. The van der Waals surface area contributed by atoms with E-state index in [2.05, 4.69) is 10.2 Å². The number of thioether (sulfide) groups is 1. The van der Waals surface area contributed by atoms with Crippen LogP contribution in [0, 0.1) is 11.6 Å². The number of nitrogens with zero attached hydrogens (tertiary/aromatic N) is 2. The van der Waals surface area contributed by atoms with Gasteiger partial charge in [-0.25, -0.2) is 8.78 Å². The molecule has 9 heteroatoms. The summed E-state index contributed by atoms with van der Waals surface area (Å²) in [6.45, 7) is 2.48. The first kappa shape index (κ1) is 23.9. The highest BCUT2D eigenvalue weighted by atomic mass is 32.2. The second kappa shape index (κ2) is 10.1. The molecule has 2 fully saturated rings. The first-order valence-electron chi connectivity index (χ1n) is 12.0. The van der Waals surface area contributed by atoms with Gasteiger partial charge in [0.25, 0.3) is 5.91 Å². The van der Waals surface area contributed by atoms with Gasteiger partial charge in [0.05, 0.1) is 0 Å². The summed E-state index contributed by atoms with van der Waals surface area (Å²) in [5.74, 6) is -2.43. The summed E-state index contributed by atoms with van der Waals surface area (Å²) < 4.78 is 29.7. The van der Waals surface area contributed by atoms with Crippen molar-refractivity contribution < 1.29 is 23.2 Å². The third-order valence-electron chi connectivity index (χ3n) is 7.01. The maximum Gasteiger partial charge on any atom is 0.255 e. The van der Waals surface area contributed by atoms with Crippen LogP contribution in [0.3, 0.4) is 0 Å².